The fourth-order valence-corrected chi connectivity index (χ4v) is 3.80. The monoisotopic (exact) mass is 515 g/mol. The molecule has 13 heteroatoms. The number of hydrogen-bond donors (Lipinski definition) is 9. The normalized spacial score (nSPS) is 12.8. The van der Waals surface area contributed by atoms with Crippen LogP contribution in [0.2, 0.25) is 0 Å². The van der Waals surface area contributed by atoms with Crippen LogP contribution in [-0.2, 0) is 9.59 Å². The van der Waals surface area contributed by atoms with Crippen molar-refractivity contribution in [1.82, 2.24) is 6.15 Å². The average molecular weight is 515 g/mol. The number of carbonyl (C=O) groups is 4. The van der Waals surface area contributed by atoms with Crippen LogP contribution in [0.4, 0.5) is 0 Å². The number of rotatable bonds is 5. The van der Waals surface area contributed by atoms with Gasteiger partial charge in [-0.2, -0.15) is 0 Å². The van der Waals surface area contributed by atoms with Crippen molar-refractivity contribution in [2.24, 2.45) is 0 Å². The van der Waals surface area contributed by atoms with Crippen LogP contribution in [0.15, 0.2) is 41.2 Å². The van der Waals surface area contributed by atoms with Gasteiger partial charge in [-0.1, -0.05) is 0 Å². The van der Waals surface area contributed by atoms with Crippen LogP contribution in [0.3, 0.4) is 0 Å². The highest BCUT2D eigenvalue weighted by Gasteiger charge is 2.33. The lowest BCUT2D eigenvalue weighted by atomic mass is 9.84. The maximum Gasteiger partial charge on any atom is 0.343 e. The molecule has 3 rings (SSSR count). The first-order chi connectivity index (χ1) is 16.7. The molecule has 0 bridgehead atoms. The predicted molar refractivity (Wildman–Crippen MR) is 125 cm³/mol. The summed E-state index contributed by atoms with van der Waals surface area (Å²) in [5, 5.41) is 81.1. The summed E-state index contributed by atoms with van der Waals surface area (Å²) >= 11 is 0. The number of ketones is 1. The lowest BCUT2D eigenvalue weighted by molar-refractivity contribution is -0.134. The zero-order chi connectivity index (χ0) is 27.2. The Morgan fingerprint density at radius 1 is 0.649 bits per heavy atom. The Bertz CT molecular complexity index is 1420. The molecule has 0 amide bonds. The van der Waals surface area contributed by atoms with Crippen molar-refractivity contribution in [3.05, 3.63) is 74.6 Å². The van der Waals surface area contributed by atoms with Crippen molar-refractivity contribution in [2.75, 3.05) is 0 Å². The van der Waals surface area contributed by atoms with Gasteiger partial charge in [-0.3, -0.25) is 4.79 Å². The zero-order valence-electron chi connectivity index (χ0n) is 19.2. The Morgan fingerprint density at radius 2 is 1.05 bits per heavy atom. The molecule has 0 saturated carbocycles. The summed E-state index contributed by atoms with van der Waals surface area (Å²) in [6.45, 7) is 2.52. The fraction of sp³-hybridized carbons (Fsp3) is 0.0833. The van der Waals surface area contributed by atoms with E-state index in [2.05, 4.69) is 0 Å². The number of carboxylic acid groups (broad SMARTS) is 3. The Labute approximate surface area is 207 Å². The number of carboxylic acids is 3. The van der Waals surface area contributed by atoms with E-state index in [1.165, 1.54) is 13.8 Å². The van der Waals surface area contributed by atoms with Crippen molar-refractivity contribution in [2.45, 2.75) is 13.8 Å². The third-order valence-electron chi connectivity index (χ3n) is 5.52. The van der Waals surface area contributed by atoms with Crippen LogP contribution in [0, 0.1) is 13.8 Å². The minimum Gasteiger partial charge on any atom is -0.507 e. The van der Waals surface area contributed by atoms with Crippen LogP contribution < -0.4 is 6.15 Å². The van der Waals surface area contributed by atoms with E-state index in [1.54, 1.807) is 0 Å². The maximum absolute atomic E-state index is 12.1. The second-order valence-electron chi connectivity index (χ2n) is 7.75. The molecule has 2 aromatic rings. The van der Waals surface area contributed by atoms with Gasteiger partial charge in [0.2, 0.25) is 0 Å². The van der Waals surface area contributed by atoms with Gasteiger partial charge in [-0.15, -0.1) is 0 Å². The first-order valence-electron chi connectivity index (χ1n) is 9.92. The lowest BCUT2D eigenvalue weighted by Gasteiger charge is -2.22. The largest absolute Gasteiger partial charge is 0.507 e. The smallest absolute Gasteiger partial charge is 0.343 e. The maximum atomic E-state index is 12.1. The van der Waals surface area contributed by atoms with E-state index in [0.717, 1.165) is 24.3 Å². The van der Waals surface area contributed by atoms with Gasteiger partial charge in [-0.05, 0) is 49.3 Å². The fourth-order valence-electron chi connectivity index (χ4n) is 3.80. The molecule has 0 radical (unpaired) electrons. The quantitative estimate of drug-likeness (QED) is 0.259. The summed E-state index contributed by atoms with van der Waals surface area (Å²) in [5.41, 5.74) is -5.24. The number of phenols is 4. The molecule has 0 saturated heterocycles. The van der Waals surface area contributed by atoms with Crippen molar-refractivity contribution in [1.29, 1.82) is 0 Å². The second kappa shape index (κ2) is 9.75. The molecule has 1 aliphatic carbocycles. The van der Waals surface area contributed by atoms with E-state index in [9.17, 15) is 60.0 Å². The number of aryl methyl sites for hydroxylation is 2. The van der Waals surface area contributed by atoms with Gasteiger partial charge in [0, 0.05) is 22.3 Å². The molecule has 1 aliphatic rings. The predicted octanol–water partition coefficient (Wildman–Crippen LogP) is 2.52. The summed E-state index contributed by atoms with van der Waals surface area (Å²) in [5.74, 6) is -11.4. The summed E-state index contributed by atoms with van der Waals surface area (Å²) < 4.78 is 0. The molecule has 37 heavy (non-hydrogen) atoms. The van der Waals surface area contributed by atoms with E-state index in [-0.39, 0.29) is 17.3 Å². The van der Waals surface area contributed by atoms with E-state index in [4.69, 9.17) is 0 Å². The third-order valence-corrected chi connectivity index (χ3v) is 5.52. The molecule has 13 nitrogen and oxygen atoms in total. The molecule has 0 aliphatic heterocycles. The number of carbonyl (C=O) groups excluding carboxylic acids is 1. The van der Waals surface area contributed by atoms with E-state index < -0.39 is 91.4 Å². The van der Waals surface area contributed by atoms with E-state index in [1.807, 2.05) is 0 Å². The molecule has 0 heterocycles. The number of aromatic carboxylic acids is 2. The van der Waals surface area contributed by atoms with Gasteiger partial charge < -0.3 is 47.0 Å². The number of aromatic hydroxyl groups is 4. The average Bonchev–Trinajstić information content (AvgIpc) is 2.76. The van der Waals surface area contributed by atoms with Gasteiger partial charge in [-0.25, -0.2) is 14.4 Å². The molecule has 0 atom stereocenters. The highest BCUT2D eigenvalue weighted by Crippen LogP contribution is 2.47. The van der Waals surface area contributed by atoms with Crippen LogP contribution >= 0.6 is 0 Å². The first kappa shape index (κ1) is 27.9. The Hall–Kier alpha value is -5.30. The summed E-state index contributed by atoms with van der Waals surface area (Å²) in [6, 6.07) is 2.08. The van der Waals surface area contributed by atoms with Crippen molar-refractivity contribution in [3.63, 3.8) is 0 Å². The van der Waals surface area contributed by atoms with E-state index in [0.29, 0.717) is 0 Å². The Kier molecular flexibility index (Phi) is 7.36. The Balaban J connectivity index is 0.00000481. The van der Waals surface area contributed by atoms with Crippen LogP contribution in [0.25, 0.3) is 5.57 Å². The van der Waals surface area contributed by atoms with Gasteiger partial charge in [0.25, 0.3) is 0 Å². The van der Waals surface area contributed by atoms with Crippen molar-refractivity contribution >= 4 is 29.3 Å². The third kappa shape index (κ3) is 4.41. The number of hydrogen-bond acceptors (Lipinski definition) is 10. The minimum absolute atomic E-state index is 0. The van der Waals surface area contributed by atoms with Gasteiger partial charge in [0.1, 0.15) is 45.5 Å². The number of allylic oxidation sites excluding steroid dienone is 2. The van der Waals surface area contributed by atoms with Crippen LogP contribution in [0.1, 0.15) is 43.0 Å². The lowest BCUT2D eigenvalue weighted by Crippen LogP contribution is -2.18. The molecule has 0 spiro atoms. The van der Waals surface area contributed by atoms with Gasteiger partial charge >= 0.3 is 17.9 Å². The molecule has 2 aromatic carbocycles. The number of aliphatic hydroxyl groups excluding tert-OH is 1. The minimum atomic E-state index is -1.83. The zero-order valence-corrected chi connectivity index (χ0v) is 19.2. The Morgan fingerprint density at radius 3 is 1.41 bits per heavy atom. The van der Waals surface area contributed by atoms with Crippen LogP contribution in [0.5, 0.6) is 23.0 Å². The van der Waals surface area contributed by atoms with Crippen LogP contribution in [-0.4, -0.2) is 64.5 Å². The highest BCUT2D eigenvalue weighted by atomic mass is 16.4. The number of benzene rings is 2. The summed E-state index contributed by atoms with van der Waals surface area (Å²) in [7, 11) is 0. The topological polar surface area (TPSA) is 265 Å². The van der Waals surface area contributed by atoms with E-state index >= 15 is 0 Å². The number of aliphatic hydroxyl groups is 1. The standard InChI is InChI=1S/C24H18O12.H3N/c1-7-5-10(20(29)15(17(7)26)23(33)34)13(9-3-4-12(25)14(19(9)28)22(31)32)11-6-8(2)18(27)16(21(11)30)24(35)36;/h3-6,26-30H,1-2H3,(H,31,32)(H,33,34)(H,35,36);1H3. The first-order valence-corrected chi connectivity index (χ1v) is 9.92. The molecule has 0 fully saturated rings. The molecule has 194 valence electrons. The highest BCUT2D eigenvalue weighted by molar-refractivity contribution is 6.23. The van der Waals surface area contributed by atoms with Crippen molar-refractivity contribution in [3.8, 4) is 23.0 Å². The van der Waals surface area contributed by atoms with Crippen molar-refractivity contribution < 1.29 is 60.0 Å². The SMILES string of the molecule is Cc1cc(C(=C2C=CC(=O)C(C(=O)O)=C2O)c2cc(C)c(O)c(C(=O)O)c2O)c(O)c(C(=O)O)c1O.N. The molecule has 0 unspecified atom stereocenters. The van der Waals surface area contributed by atoms with Gasteiger partial charge in [0.15, 0.2) is 5.78 Å². The summed E-state index contributed by atoms with van der Waals surface area (Å²) in [4.78, 5) is 47.2. The molecule has 0 aromatic heterocycles. The number of aliphatic carboxylic acids is 1. The molecular formula is C24H21NO12. The molecule has 11 N–H and O–H groups in total. The summed E-state index contributed by atoms with van der Waals surface area (Å²) in [6.07, 6.45) is 1.67. The van der Waals surface area contributed by atoms with Gasteiger partial charge in [0.05, 0.1) is 0 Å². The second-order valence-corrected chi connectivity index (χ2v) is 7.75. The molecular weight excluding hydrogens is 494 g/mol.